The highest BCUT2D eigenvalue weighted by molar-refractivity contribution is 9.11. The Labute approximate surface area is 168 Å². The van der Waals surface area contributed by atoms with Gasteiger partial charge in [-0.15, -0.1) is 0 Å². The van der Waals surface area contributed by atoms with Crippen LogP contribution in [0.25, 0.3) is 10.9 Å². The Morgan fingerprint density at radius 2 is 2.19 bits per heavy atom. The van der Waals surface area contributed by atoms with Crippen LogP contribution >= 0.6 is 31.9 Å². The number of hydrogen-bond acceptors (Lipinski definition) is 7. The second-order valence-electron chi connectivity index (χ2n) is 5.08. The lowest BCUT2D eigenvalue weighted by Gasteiger charge is -2.11. The van der Waals surface area contributed by atoms with Crippen molar-refractivity contribution >= 4 is 60.8 Å². The fraction of sp³-hybridized carbons (Fsp3) is 0.0625. The van der Waals surface area contributed by atoms with Gasteiger partial charge >= 0.3 is 5.88 Å². The van der Waals surface area contributed by atoms with Crippen LogP contribution in [0.2, 0.25) is 0 Å². The molecule has 9 nitrogen and oxygen atoms in total. The van der Waals surface area contributed by atoms with Crippen LogP contribution in [0.3, 0.4) is 0 Å². The summed E-state index contributed by atoms with van der Waals surface area (Å²) in [4.78, 5) is 26.0. The van der Waals surface area contributed by atoms with Crippen LogP contribution in [0.5, 0.6) is 5.75 Å². The number of rotatable bonds is 6. The maximum atomic E-state index is 11.9. The summed E-state index contributed by atoms with van der Waals surface area (Å²) in [5.41, 5.74) is 2.96. The van der Waals surface area contributed by atoms with E-state index in [1.165, 1.54) is 12.1 Å². The molecule has 3 rings (SSSR count). The first kappa shape index (κ1) is 19.0. The number of carbonyl (C=O) groups excluding carboxylic acids is 1. The number of amides is 1. The van der Waals surface area contributed by atoms with Gasteiger partial charge in [0.1, 0.15) is 10.7 Å². The molecule has 0 fully saturated rings. The van der Waals surface area contributed by atoms with Gasteiger partial charge in [0.25, 0.3) is 5.91 Å². The maximum Gasteiger partial charge on any atom is 0.433 e. The lowest BCUT2D eigenvalue weighted by atomic mass is 10.2. The van der Waals surface area contributed by atoms with E-state index in [2.05, 4.69) is 47.4 Å². The van der Waals surface area contributed by atoms with Crippen molar-refractivity contribution in [2.75, 3.05) is 6.61 Å². The van der Waals surface area contributed by atoms with Crippen molar-refractivity contribution in [3.63, 3.8) is 0 Å². The first-order valence-corrected chi connectivity index (χ1v) is 8.96. The predicted molar refractivity (Wildman–Crippen MR) is 104 cm³/mol. The third kappa shape index (κ3) is 4.49. The molecule has 0 radical (unpaired) electrons. The molecule has 2 aromatic heterocycles. The fourth-order valence-electron chi connectivity index (χ4n) is 2.15. The zero-order valence-corrected chi connectivity index (χ0v) is 16.6. The predicted octanol–water partition coefficient (Wildman–Crippen LogP) is 3.79. The summed E-state index contributed by atoms with van der Waals surface area (Å²) >= 11 is 6.84. The number of halogens is 2. The number of hydrazone groups is 1. The normalized spacial score (nSPS) is 11.0. The van der Waals surface area contributed by atoms with Gasteiger partial charge < -0.3 is 9.15 Å². The molecule has 0 spiro atoms. The Morgan fingerprint density at radius 1 is 1.37 bits per heavy atom. The second kappa shape index (κ2) is 8.27. The number of ether oxygens (including phenoxy) is 1. The quantitative estimate of drug-likeness (QED) is 0.314. The number of carbonyl (C=O) groups is 1. The molecule has 2 heterocycles. The number of nitrogens with zero attached hydrogens (tertiary/aromatic N) is 3. The largest absolute Gasteiger partial charge is 0.482 e. The van der Waals surface area contributed by atoms with E-state index in [0.717, 1.165) is 16.1 Å². The van der Waals surface area contributed by atoms with Gasteiger partial charge in [-0.3, -0.25) is 19.9 Å². The lowest BCUT2D eigenvalue weighted by Crippen LogP contribution is -2.24. The third-order valence-corrected chi connectivity index (χ3v) is 4.46. The Morgan fingerprint density at radius 3 is 2.93 bits per heavy atom. The molecular formula is C16H10Br2N4O5. The second-order valence-corrected chi connectivity index (χ2v) is 6.79. The average Bonchev–Trinajstić information content (AvgIpc) is 3.11. The van der Waals surface area contributed by atoms with Gasteiger partial charge in [0.05, 0.1) is 22.3 Å². The van der Waals surface area contributed by atoms with Gasteiger partial charge in [-0.2, -0.15) is 5.10 Å². The van der Waals surface area contributed by atoms with Gasteiger partial charge in [-0.1, -0.05) is 0 Å². The third-order valence-electron chi connectivity index (χ3n) is 3.27. The molecule has 0 saturated carbocycles. The molecule has 0 bridgehead atoms. The van der Waals surface area contributed by atoms with E-state index in [0.29, 0.717) is 15.7 Å². The maximum absolute atomic E-state index is 11.9. The van der Waals surface area contributed by atoms with Crippen molar-refractivity contribution in [2.45, 2.75) is 0 Å². The monoisotopic (exact) mass is 496 g/mol. The molecule has 138 valence electrons. The summed E-state index contributed by atoms with van der Waals surface area (Å²) in [5.74, 6) is -0.316. The van der Waals surface area contributed by atoms with Crippen molar-refractivity contribution in [1.82, 2.24) is 10.4 Å². The first-order chi connectivity index (χ1) is 13.0. The molecule has 11 heteroatoms. The van der Waals surface area contributed by atoms with Crippen molar-refractivity contribution in [1.29, 1.82) is 0 Å². The number of nitrogens with one attached hydrogen (secondary N) is 1. The first-order valence-electron chi connectivity index (χ1n) is 7.37. The summed E-state index contributed by atoms with van der Waals surface area (Å²) in [6.07, 6.45) is 2.81. The van der Waals surface area contributed by atoms with Crippen LogP contribution in [0, 0.1) is 10.1 Å². The van der Waals surface area contributed by atoms with Crippen LogP contribution in [-0.4, -0.2) is 28.6 Å². The molecule has 1 aromatic carbocycles. The molecule has 0 atom stereocenters. The van der Waals surface area contributed by atoms with Crippen LogP contribution in [0.15, 0.2) is 55.0 Å². The fourth-order valence-corrected chi connectivity index (χ4v) is 3.56. The van der Waals surface area contributed by atoms with Crippen molar-refractivity contribution in [3.05, 3.63) is 61.3 Å². The highest BCUT2D eigenvalue weighted by Crippen LogP contribution is 2.37. The smallest absolute Gasteiger partial charge is 0.433 e. The highest BCUT2D eigenvalue weighted by Gasteiger charge is 2.13. The molecule has 0 unspecified atom stereocenters. The topological polar surface area (TPSA) is 120 Å². The molecule has 0 aliphatic rings. The minimum absolute atomic E-state index is 0.135. The molecule has 27 heavy (non-hydrogen) atoms. The number of furan rings is 1. The molecule has 3 aromatic rings. The van der Waals surface area contributed by atoms with Gasteiger partial charge in [-0.25, -0.2) is 5.43 Å². The Balaban J connectivity index is 1.63. The molecule has 1 amide bonds. The summed E-state index contributed by atoms with van der Waals surface area (Å²) in [6.45, 7) is -0.292. The van der Waals surface area contributed by atoms with E-state index in [4.69, 9.17) is 9.15 Å². The summed E-state index contributed by atoms with van der Waals surface area (Å²) < 4.78 is 11.9. The Bertz CT molecular complexity index is 1050. The number of pyridine rings is 1. The van der Waals surface area contributed by atoms with E-state index in [1.54, 1.807) is 18.3 Å². The lowest BCUT2D eigenvalue weighted by molar-refractivity contribution is -0.402. The molecular weight excluding hydrogens is 488 g/mol. The zero-order chi connectivity index (χ0) is 19.4. The minimum Gasteiger partial charge on any atom is -0.482 e. The Kier molecular flexibility index (Phi) is 5.81. The number of hydrogen-bond donors (Lipinski definition) is 1. The van der Waals surface area contributed by atoms with Gasteiger partial charge in [0.2, 0.25) is 0 Å². The van der Waals surface area contributed by atoms with Crippen LogP contribution in [-0.2, 0) is 4.79 Å². The summed E-state index contributed by atoms with van der Waals surface area (Å²) in [5, 5.41) is 14.9. The van der Waals surface area contributed by atoms with Crippen molar-refractivity contribution < 1.29 is 18.9 Å². The molecule has 0 saturated heterocycles. The molecule has 0 aliphatic heterocycles. The van der Waals surface area contributed by atoms with Crippen molar-refractivity contribution in [2.24, 2.45) is 5.10 Å². The summed E-state index contributed by atoms with van der Waals surface area (Å²) in [7, 11) is 0. The summed E-state index contributed by atoms with van der Waals surface area (Å²) in [6, 6.07) is 7.93. The number of fused-ring (bicyclic) bond motifs is 1. The molecule has 1 N–H and O–H groups in total. The Hall–Kier alpha value is -2.79. The van der Waals surface area contributed by atoms with Crippen LogP contribution < -0.4 is 10.2 Å². The van der Waals surface area contributed by atoms with Crippen molar-refractivity contribution in [3.8, 4) is 5.75 Å². The highest BCUT2D eigenvalue weighted by atomic mass is 79.9. The minimum atomic E-state index is -0.668. The van der Waals surface area contributed by atoms with E-state index < -0.39 is 16.7 Å². The number of nitro groups is 1. The van der Waals surface area contributed by atoms with E-state index in [1.807, 2.05) is 6.07 Å². The van der Waals surface area contributed by atoms with Gasteiger partial charge in [-0.05, 0) is 56.1 Å². The SMILES string of the molecule is O=C(COc1c(Br)cc(Br)c2ncccc12)NN=Cc1ccc([N+](=O)[O-])o1. The van der Waals surface area contributed by atoms with Crippen LogP contribution in [0.4, 0.5) is 5.88 Å². The van der Waals surface area contributed by atoms with E-state index in [9.17, 15) is 14.9 Å². The zero-order valence-electron chi connectivity index (χ0n) is 13.4. The number of benzene rings is 1. The number of aromatic nitrogens is 1. The van der Waals surface area contributed by atoms with Gasteiger partial charge in [0, 0.05) is 16.1 Å². The standard InChI is InChI=1S/C16H10Br2N4O5/c17-11-6-12(18)16(10-2-1-5-19-15(10)11)26-8-13(23)21-20-7-9-3-4-14(27-9)22(24)25/h1-7H,8H2,(H,21,23). The van der Waals surface area contributed by atoms with E-state index in [-0.39, 0.29) is 12.4 Å². The van der Waals surface area contributed by atoms with Gasteiger partial charge in [0.15, 0.2) is 12.4 Å². The molecule has 0 aliphatic carbocycles. The van der Waals surface area contributed by atoms with E-state index >= 15 is 0 Å². The van der Waals surface area contributed by atoms with Crippen LogP contribution in [0.1, 0.15) is 5.76 Å². The average molecular weight is 498 g/mol.